The highest BCUT2D eigenvalue weighted by Crippen LogP contribution is 2.23. The lowest BCUT2D eigenvalue weighted by molar-refractivity contribution is 0.0904. The molecular weight excluding hydrogens is 262 g/mol. The van der Waals surface area contributed by atoms with Crippen molar-refractivity contribution in [3.05, 3.63) is 0 Å². The fourth-order valence-electron chi connectivity index (χ4n) is 1.85. The zero-order valence-electron chi connectivity index (χ0n) is 10.7. The van der Waals surface area contributed by atoms with Gasteiger partial charge in [0.2, 0.25) is 10.0 Å². The van der Waals surface area contributed by atoms with Gasteiger partial charge in [-0.15, -0.1) is 11.6 Å². The smallest absolute Gasteiger partial charge is 0.216 e. The minimum absolute atomic E-state index is 0.0604. The Kier molecular flexibility index (Phi) is 5.70. The van der Waals surface area contributed by atoms with Gasteiger partial charge >= 0.3 is 0 Å². The summed E-state index contributed by atoms with van der Waals surface area (Å²) in [5.41, 5.74) is 0. The van der Waals surface area contributed by atoms with E-state index in [4.69, 9.17) is 16.3 Å². The molecule has 0 bridgehead atoms. The molecule has 0 aromatic rings. The molecule has 6 heteroatoms. The molecule has 1 heterocycles. The Morgan fingerprint density at radius 2 is 2.12 bits per heavy atom. The van der Waals surface area contributed by atoms with Crippen LogP contribution in [0.2, 0.25) is 0 Å². The van der Waals surface area contributed by atoms with E-state index in [1.165, 1.54) is 0 Å². The van der Waals surface area contributed by atoms with E-state index >= 15 is 0 Å². The number of sulfonamides is 1. The van der Waals surface area contributed by atoms with Crippen molar-refractivity contribution in [2.75, 3.05) is 25.4 Å². The molecular formula is C11H22ClNO3S. The molecule has 0 aromatic heterocycles. The van der Waals surface area contributed by atoms with Gasteiger partial charge in [-0.2, -0.15) is 0 Å². The van der Waals surface area contributed by atoms with Crippen molar-refractivity contribution in [1.29, 1.82) is 0 Å². The summed E-state index contributed by atoms with van der Waals surface area (Å²) in [7, 11) is -3.19. The molecule has 1 fully saturated rings. The summed E-state index contributed by atoms with van der Waals surface area (Å²) >= 11 is 6.08. The van der Waals surface area contributed by atoms with E-state index in [2.05, 4.69) is 0 Å². The molecule has 1 aliphatic rings. The summed E-state index contributed by atoms with van der Waals surface area (Å²) in [5, 5.41) is 0.0911. The van der Waals surface area contributed by atoms with Crippen molar-refractivity contribution in [1.82, 2.24) is 4.31 Å². The van der Waals surface area contributed by atoms with Gasteiger partial charge in [0.05, 0.1) is 18.5 Å². The summed E-state index contributed by atoms with van der Waals surface area (Å²) in [6, 6.07) is 0. The number of hydrogen-bond acceptors (Lipinski definition) is 3. The molecule has 0 aromatic carbocycles. The van der Waals surface area contributed by atoms with Crippen LogP contribution in [0.5, 0.6) is 0 Å². The lowest BCUT2D eigenvalue weighted by Gasteiger charge is -2.33. The van der Waals surface area contributed by atoms with Crippen LogP contribution in [0.4, 0.5) is 0 Å². The maximum Gasteiger partial charge on any atom is 0.216 e. The van der Waals surface area contributed by atoms with Crippen molar-refractivity contribution in [2.24, 2.45) is 5.92 Å². The second-order valence-electron chi connectivity index (χ2n) is 4.88. The standard InChI is InChI=1S/C11H22ClNO3S/c1-9(2)16-6-7-17(14,15)13-5-4-11(12)10(3)8-13/h9-11H,4-8H2,1-3H3. The van der Waals surface area contributed by atoms with Crippen molar-refractivity contribution in [3.63, 3.8) is 0 Å². The van der Waals surface area contributed by atoms with Gasteiger partial charge in [-0.3, -0.25) is 0 Å². The Bertz CT molecular complexity index is 332. The van der Waals surface area contributed by atoms with Crippen molar-refractivity contribution in [3.8, 4) is 0 Å². The topological polar surface area (TPSA) is 46.6 Å². The SMILES string of the molecule is CC(C)OCCS(=O)(=O)N1CCC(Cl)C(C)C1. The number of nitrogens with zero attached hydrogens (tertiary/aromatic N) is 1. The van der Waals surface area contributed by atoms with E-state index < -0.39 is 10.0 Å². The summed E-state index contributed by atoms with van der Waals surface area (Å²) in [6.07, 6.45) is 0.796. The molecule has 0 radical (unpaired) electrons. The summed E-state index contributed by atoms with van der Waals surface area (Å²) in [5.74, 6) is 0.274. The predicted molar refractivity (Wildman–Crippen MR) is 69.9 cm³/mol. The maximum atomic E-state index is 12.0. The highest BCUT2D eigenvalue weighted by molar-refractivity contribution is 7.89. The molecule has 0 N–H and O–H groups in total. The molecule has 2 atom stereocenters. The van der Waals surface area contributed by atoms with Crippen LogP contribution in [0, 0.1) is 5.92 Å². The van der Waals surface area contributed by atoms with Crippen LogP contribution in [0.25, 0.3) is 0 Å². The molecule has 1 saturated heterocycles. The van der Waals surface area contributed by atoms with Crippen molar-refractivity contribution >= 4 is 21.6 Å². The molecule has 102 valence electrons. The molecule has 0 aliphatic carbocycles. The van der Waals surface area contributed by atoms with Crippen LogP contribution < -0.4 is 0 Å². The molecule has 0 amide bonds. The van der Waals surface area contributed by atoms with Crippen LogP contribution in [-0.2, 0) is 14.8 Å². The average Bonchev–Trinajstić information content (AvgIpc) is 2.21. The van der Waals surface area contributed by atoms with Crippen LogP contribution in [0.1, 0.15) is 27.2 Å². The van der Waals surface area contributed by atoms with Gasteiger partial charge in [0, 0.05) is 18.5 Å². The Hall–Kier alpha value is 0.160. The van der Waals surface area contributed by atoms with Crippen LogP contribution in [0.15, 0.2) is 0 Å². The number of rotatable bonds is 5. The quantitative estimate of drug-likeness (QED) is 0.722. The fraction of sp³-hybridized carbons (Fsp3) is 1.00. The third-order valence-corrected chi connectivity index (χ3v) is 5.40. The molecule has 2 unspecified atom stereocenters. The lowest BCUT2D eigenvalue weighted by Crippen LogP contribution is -2.44. The molecule has 1 rings (SSSR count). The van der Waals surface area contributed by atoms with Crippen molar-refractivity contribution < 1.29 is 13.2 Å². The summed E-state index contributed by atoms with van der Waals surface area (Å²) < 4.78 is 30.9. The van der Waals surface area contributed by atoms with E-state index in [0.29, 0.717) is 13.1 Å². The van der Waals surface area contributed by atoms with Gasteiger partial charge in [-0.1, -0.05) is 6.92 Å². The Labute approximate surface area is 109 Å². The Morgan fingerprint density at radius 1 is 1.47 bits per heavy atom. The first-order chi connectivity index (χ1) is 7.83. The van der Waals surface area contributed by atoms with Gasteiger partial charge < -0.3 is 4.74 Å². The van der Waals surface area contributed by atoms with E-state index in [-0.39, 0.29) is 29.8 Å². The third-order valence-electron chi connectivity index (χ3n) is 2.95. The first-order valence-corrected chi connectivity index (χ1v) is 8.11. The second-order valence-corrected chi connectivity index (χ2v) is 7.52. The molecule has 17 heavy (non-hydrogen) atoms. The summed E-state index contributed by atoms with van der Waals surface area (Å²) in [6.45, 7) is 7.10. The van der Waals surface area contributed by atoms with Gasteiger partial charge in [0.1, 0.15) is 0 Å². The maximum absolute atomic E-state index is 12.0. The number of halogens is 1. The third kappa shape index (κ3) is 4.73. The predicted octanol–water partition coefficient (Wildman–Crippen LogP) is 1.69. The van der Waals surface area contributed by atoms with Gasteiger partial charge in [-0.05, 0) is 26.2 Å². The van der Waals surface area contributed by atoms with E-state index in [0.717, 1.165) is 6.42 Å². The first kappa shape index (κ1) is 15.2. The van der Waals surface area contributed by atoms with Crippen LogP contribution >= 0.6 is 11.6 Å². The molecule has 0 spiro atoms. The van der Waals surface area contributed by atoms with Gasteiger partial charge in [0.25, 0.3) is 0 Å². The van der Waals surface area contributed by atoms with Crippen LogP contribution in [-0.4, -0.2) is 49.7 Å². The zero-order valence-corrected chi connectivity index (χ0v) is 12.3. The number of ether oxygens (including phenoxy) is 1. The van der Waals surface area contributed by atoms with E-state index in [1.807, 2.05) is 20.8 Å². The minimum Gasteiger partial charge on any atom is -0.378 e. The number of alkyl halides is 1. The molecule has 4 nitrogen and oxygen atoms in total. The number of piperidine rings is 1. The van der Waals surface area contributed by atoms with E-state index in [1.54, 1.807) is 4.31 Å². The molecule has 1 aliphatic heterocycles. The molecule has 0 saturated carbocycles. The fourth-order valence-corrected chi connectivity index (χ4v) is 3.44. The monoisotopic (exact) mass is 283 g/mol. The lowest BCUT2D eigenvalue weighted by atomic mass is 10.0. The first-order valence-electron chi connectivity index (χ1n) is 6.06. The number of hydrogen-bond donors (Lipinski definition) is 0. The van der Waals surface area contributed by atoms with E-state index in [9.17, 15) is 8.42 Å². The largest absolute Gasteiger partial charge is 0.378 e. The Morgan fingerprint density at radius 3 is 2.65 bits per heavy atom. The van der Waals surface area contributed by atoms with Gasteiger partial charge in [0.15, 0.2) is 0 Å². The minimum atomic E-state index is -3.19. The highest BCUT2D eigenvalue weighted by atomic mass is 35.5. The van der Waals surface area contributed by atoms with Gasteiger partial charge in [-0.25, -0.2) is 12.7 Å². The highest BCUT2D eigenvalue weighted by Gasteiger charge is 2.31. The summed E-state index contributed by atoms with van der Waals surface area (Å²) in [4.78, 5) is 0. The average molecular weight is 284 g/mol. The second kappa shape index (κ2) is 6.36. The van der Waals surface area contributed by atoms with Crippen LogP contribution in [0.3, 0.4) is 0 Å². The zero-order chi connectivity index (χ0) is 13.1. The Balaban J connectivity index is 2.47. The van der Waals surface area contributed by atoms with Crippen molar-refractivity contribution in [2.45, 2.75) is 38.7 Å². The normalized spacial score (nSPS) is 27.6.